The first-order valence-electron chi connectivity index (χ1n) is 12.5. The normalized spacial score (nSPS) is 10.9. The van der Waals surface area contributed by atoms with Crippen LogP contribution in [0.15, 0.2) is 88.6 Å². The lowest BCUT2D eigenvalue weighted by atomic mass is 10.2. The highest BCUT2D eigenvalue weighted by molar-refractivity contribution is 6.06. The number of amides is 2. The molecule has 40 heavy (non-hydrogen) atoms. The van der Waals surface area contributed by atoms with E-state index in [9.17, 15) is 19.2 Å². The number of benzene rings is 2. The lowest BCUT2D eigenvalue weighted by Crippen LogP contribution is -2.24. The van der Waals surface area contributed by atoms with Gasteiger partial charge in [0.1, 0.15) is 17.1 Å². The van der Waals surface area contributed by atoms with Crippen molar-refractivity contribution in [3.8, 4) is 11.4 Å². The Labute approximate surface area is 228 Å². The summed E-state index contributed by atoms with van der Waals surface area (Å²) in [5.74, 6) is -1.14. The third kappa shape index (κ3) is 4.53. The van der Waals surface area contributed by atoms with Crippen molar-refractivity contribution >= 4 is 23.2 Å². The summed E-state index contributed by atoms with van der Waals surface area (Å²) in [5, 5.41) is 5.32. The second-order valence-electron chi connectivity index (χ2n) is 9.21. The van der Waals surface area contributed by atoms with E-state index in [1.165, 1.54) is 27.7 Å². The molecule has 202 valence electrons. The molecule has 0 aliphatic heterocycles. The topological polar surface area (TPSA) is 125 Å². The summed E-state index contributed by atoms with van der Waals surface area (Å²) < 4.78 is 6.25. The van der Waals surface area contributed by atoms with Gasteiger partial charge in [0.05, 0.1) is 28.3 Å². The molecule has 0 fully saturated rings. The molecule has 5 aromatic rings. The molecule has 0 saturated carbocycles. The number of nitrogens with one attached hydrogen (secondary N) is 2. The molecule has 2 N–H and O–H groups in total. The number of pyridine rings is 1. The highest BCUT2D eigenvalue weighted by Crippen LogP contribution is 2.17. The Morgan fingerprint density at radius 1 is 0.650 bits per heavy atom. The Kier molecular flexibility index (Phi) is 6.78. The van der Waals surface area contributed by atoms with Crippen molar-refractivity contribution in [1.29, 1.82) is 0 Å². The number of hydrogen-bond donors (Lipinski definition) is 2. The Morgan fingerprint density at radius 3 is 1.52 bits per heavy atom. The van der Waals surface area contributed by atoms with Gasteiger partial charge in [0.25, 0.3) is 22.9 Å². The molecule has 0 spiro atoms. The Hall–Kier alpha value is -5.45. The van der Waals surface area contributed by atoms with E-state index in [0.29, 0.717) is 22.8 Å². The second-order valence-corrected chi connectivity index (χ2v) is 9.21. The summed E-state index contributed by atoms with van der Waals surface area (Å²) >= 11 is 0. The molecular formula is C29H27N7O4. The molecular weight excluding hydrogens is 510 g/mol. The zero-order valence-electron chi connectivity index (χ0n) is 22.4. The fourth-order valence-corrected chi connectivity index (χ4v) is 4.45. The third-order valence-corrected chi connectivity index (χ3v) is 6.84. The molecule has 0 bridgehead atoms. The number of rotatable bonds is 6. The smallest absolute Gasteiger partial charge is 0.295 e. The highest BCUT2D eigenvalue weighted by atomic mass is 16.2. The van der Waals surface area contributed by atoms with E-state index in [1.54, 1.807) is 61.6 Å². The minimum absolute atomic E-state index is 0.0211. The van der Waals surface area contributed by atoms with E-state index in [-0.39, 0.29) is 33.8 Å². The van der Waals surface area contributed by atoms with Gasteiger partial charge in [-0.2, -0.15) is 0 Å². The molecule has 0 radical (unpaired) electrons. The van der Waals surface area contributed by atoms with E-state index < -0.39 is 11.8 Å². The minimum atomic E-state index is -0.595. The van der Waals surface area contributed by atoms with Gasteiger partial charge in [0.2, 0.25) is 0 Å². The first-order chi connectivity index (χ1) is 19.2. The van der Waals surface area contributed by atoms with E-state index >= 15 is 0 Å². The number of carbonyl (C=O) groups is 2. The third-order valence-electron chi connectivity index (χ3n) is 6.84. The standard InChI is InChI=1S/C29H27N7O4/c1-18-24(28(39)35(33(18)3)21-11-7-5-8-12-21)31-26(37)20-15-16-23(30-17-20)27(38)32-25-19(2)34(4)36(29(25)40)22-13-9-6-10-14-22/h5-17H,1-4H3,(H,31,37)(H,32,38). The molecule has 0 saturated heterocycles. The van der Waals surface area contributed by atoms with Crippen LogP contribution in [0.1, 0.15) is 32.2 Å². The SMILES string of the molecule is Cc1c(NC(=O)c2ccc(C(=O)Nc3c(C)n(C)n(-c4ccccc4)c3=O)nc2)c(=O)n(-c2ccccc2)n1C. The summed E-state index contributed by atoms with van der Waals surface area (Å²) in [7, 11) is 3.46. The maximum absolute atomic E-state index is 13.1. The van der Waals surface area contributed by atoms with Gasteiger partial charge in [-0.15, -0.1) is 0 Å². The largest absolute Gasteiger partial charge is 0.316 e. The first-order valence-corrected chi connectivity index (χ1v) is 12.5. The fraction of sp³-hybridized carbons (Fsp3) is 0.138. The molecule has 3 aromatic heterocycles. The van der Waals surface area contributed by atoms with Gasteiger partial charge in [-0.25, -0.2) is 9.36 Å². The number of hydrogen-bond acceptors (Lipinski definition) is 5. The molecule has 0 atom stereocenters. The monoisotopic (exact) mass is 537 g/mol. The summed E-state index contributed by atoms with van der Waals surface area (Å²) in [6, 6.07) is 21.0. The van der Waals surface area contributed by atoms with Crippen LogP contribution < -0.4 is 21.8 Å². The van der Waals surface area contributed by atoms with Crippen LogP contribution in [0.2, 0.25) is 0 Å². The van der Waals surface area contributed by atoms with Crippen LogP contribution in [0.3, 0.4) is 0 Å². The Balaban J connectivity index is 1.34. The van der Waals surface area contributed by atoms with Crippen molar-refractivity contribution in [2.24, 2.45) is 14.1 Å². The molecule has 11 heteroatoms. The maximum atomic E-state index is 13.1. The predicted octanol–water partition coefficient (Wildman–Crippen LogP) is 3.18. The molecule has 0 aliphatic rings. The average molecular weight is 538 g/mol. The van der Waals surface area contributed by atoms with Crippen LogP contribution >= 0.6 is 0 Å². The minimum Gasteiger partial charge on any atom is -0.316 e. The Bertz CT molecular complexity index is 1710. The van der Waals surface area contributed by atoms with Gasteiger partial charge in [-0.05, 0) is 50.2 Å². The molecule has 2 aromatic carbocycles. The van der Waals surface area contributed by atoms with Crippen molar-refractivity contribution < 1.29 is 9.59 Å². The lowest BCUT2D eigenvalue weighted by molar-refractivity contribution is 0.101. The second kappa shape index (κ2) is 10.4. The van der Waals surface area contributed by atoms with Crippen LogP contribution in [0, 0.1) is 13.8 Å². The van der Waals surface area contributed by atoms with E-state index in [1.807, 2.05) is 36.4 Å². The van der Waals surface area contributed by atoms with Gasteiger partial charge in [0.15, 0.2) is 0 Å². The number of anilines is 2. The summed E-state index contributed by atoms with van der Waals surface area (Å²) in [6.07, 6.45) is 1.25. The van der Waals surface area contributed by atoms with Crippen molar-refractivity contribution in [3.63, 3.8) is 0 Å². The van der Waals surface area contributed by atoms with Gasteiger partial charge >= 0.3 is 0 Å². The van der Waals surface area contributed by atoms with Gasteiger partial charge in [-0.1, -0.05) is 36.4 Å². The van der Waals surface area contributed by atoms with Crippen molar-refractivity contribution in [2.45, 2.75) is 13.8 Å². The molecule has 0 unspecified atom stereocenters. The zero-order chi connectivity index (χ0) is 28.6. The zero-order valence-corrected chi connectivity index (χ0v) is 22.4. The molecule has 3 heterocycles. The summed E-state index contributed by atoms with van der Waals surface area (Å²) in [4.78, 5) is 56.2. The number of para-hydroxylation sites is 2. The van der Waals surface area contributed by atoms with Crippen LogP contribution in [-0.4, -0.2) is 35.5 Å². The Morgan fingerprint density at radius 2 is 1.10 bits per heavy atom. The van der Waals surface area contributed by atoms with Gasteiger partial charge in [0, 0.05) is 20.3 Å². The molecule has 5 rings (SSSR count). The van der Waals surface area contributed by atoms with Crippen molar-refractivity contribution in [1.82, 2.24) is 23.7 Å². The van der Waals surface area contributed by atoms with Gasteiger partial charge < -0.3 is 10.6 Å². The maximum Gasteiger partial charge on any atom is 0.295 e. The van der Waals surface area contributed by atoms with E-state index in [2.05, 4.69) is 15.6 Å². The van der Waals surface area contributed by atoms with Crippen molar-refractivity contribution in [2.75, 3.05) is 10.6 Å². The highest BCUT2D eigenvalue weighted by Gasteiger charge is 2.21. The van der Waals surface area contributed by atoms with Crippen LogP contribution in [0.5, 0.6) is 0 Å². The molecule has 11 nitrogen and oxygen atoms in total. The van der Waals surface area contributed by atoms with Crippen LogP contribution in [0.4, 0.5) is 11.4 Å². The number of aromatic nitrogens is 5. The molecule has 2 amide bonds. The average Bonchev–Trinajstić information content (AvgIpc) is 3.31. The number of nitrogens with zero attached hydrogens (tertiary/aromatic N) is 5. The van der Waals surface area contributed by atoms with Crippen LogP contribution in [0.25, 0.3) is 11.4 Å². The fourth-order valence-electron chi connectivity index (χ4n) is 4.45. The summed E-state index contributed by atoms with van der Waals surface area (Å²) in [6.45, 7) is 3.47. The van der Waals surface area contributed by atoms with E-state index in [4.69, 9.17) is 0 Å². The van der Waals surface area contributed by atoms with Crippen molar-refractivity contribution in [3.05, 3.63) is 122 Å². The lowest BCUT2D eigenvalue weighted by Gasteiger charge is -2.07. The number of carbonyl (C=O) groups excluding carboxylic acids is 2. The summed E-state index contributed by atoms with van der Waals surface area (Å²) in [5.41, 5.74) is 2.18. The molecule has 0 aliphatic carbocycles. The van der Waals surface area contributed by atoms with Gasteiger partial charge in [-0.3, -0.25) is 33.5 Å². The van der Waals surface area contributed by atoms with E-state index in [0.717, 1.165) is 0 Å². The van der Waals surface area contributed by atoms with Crippen LogP contribution in [-0.2, 0) is 14.1 Å². The predicted molar refractivity (Wildman–Crippen MR) is 152 cm³/mol. The first kappa shape index (κ1) is 26.2. The quantitative estimate of drug-likeness (QED) is 0.344.